The minimum absolute atomic E-state index is 0.0420. The topological polar surface area (TPSA) is 97.0 Å². The molecule has 1 aromatic rings. The molecule has 1 unspecified atom stereocenters. The molecule has 2 N–H and O–H groups in total. The lowest BCUT2D eigenvalue weighted by atomic mass is 9.87. The van der Waals surface area contributed by atoms with Crippen molar-refractivity contribution in [1.29, 1.82) is 0 Å². The first-order chi connectivity index (χ1) is 13.5. The molecule has 3 aliphatic rings. The molecule has 3 heterocycles. The van der Waals surface area contributed by atoms with Crippen molar-refractivity contribution in [1.82, 2.24) is 15.5 Å². The van der Waals surface area contributed by atoms with Crippen LogP contribution in [-0.2, 0) is 14.3 Å². The molecule has 0 radical (unpaired) electrons. The molecule has 0 aliphatic carbocycles. The summed E-state index contributed by atoms with van der Waals surface area (Å²) in [7, 11) is 0. The van der Waals surface area contributed by atoms with E-state index in [1.165, 1.54) is 0 Å². The summed E-state index contributed by atoms with van der Waals surface area (Å²) in [6.07, 6.45) is 1.73. The Morgan fingerprint density at radius 3 is 2.93 bits per heavy atom. The number of benzene rings is 1. The van der Waals surface area contributed by atoms with Gasteiger partial charge in [-0.05, 0) is 38.4 Å². The van der Waals surface area contributed by atoms with Crippen molar-refractivity contribution >= 4 is 17.8 Å². The molecule has 0 saturated carbocycles. The molecule has 1 aromatic carbocycles. The van der Waals surface area contributed by atoms with E-state index in [1.807, 2.05) is 0 Å². The molecule has 3 aliphatic heterocycles. The predicted molar refractivity (Wildman–Crippen MR) is 99.9 cm³/mol. The van der Waals surface area contributed by atoms with Crippen molar-refractivity contribution in [2.24, 2.45) is 5.92 Å². The number of nitrogens with one attached hydrogen (secondary N) is 2. The number of fused-ring (bicyclic) bond motifs is 1. The zero-order valence-corrected chi connectivity index (χ0v) is 15.9. The van der Waals surface area contributed by atoms with Gasteiger partial charge in [0, 0.05) is 13.1 Å². The van der Waals surface area contributed by atoms with Gasteiger partial charge in [-0.2, -0.15) is 0 Å². The number of esters is 1. The van der Waals surface area contributed by atoms with Gasteiger partial charge in [0.1, 0.15) is 23.8 Å². The van der Waals surface area contributed by atoms with Gasteiger partial charge in [0.05, 0.1) is 18.2 Å². The number of hydrogen-bond donors (Lipinski definition) is 2. The van der Waals surface area contributed by atoms with E-state index in [0.717, 1.165) is 19.4 Å². The van der Waals surface area contributed by atoms with E-state index in [1.54, 1.807) is 36.1 Å². The number of ether oxygens (including phenoxy) is 2. The smallest absolute Gasteiger partial charge is 0.313 e. The van der Waals surface area contributed by atoms with Gasteiger partial charge in [-0.15, -0.1) is 0 Å². The number of para-hydroxylation sites is 1. The van der Waals surface area contributed by atoms with Crippen molar-refractivity contribution in [3.8, 4) is 5.75 Å². The second kappa shape index (κ2) is 7.43. The second-order valence-electron chi connectivity index (χ2n) is 7.57. The predicted octanol–water partition coefficient (Wildman–Crippen LogP) is 0.321. The number of hydrogen-bond acceptors (Lipinski definition) is 6. The van der Waals surface area contributed by atoms with E-state index in [0.29, 0.717) is 11.3 Å². The maximum atomic E-state index is 12.9. The molecule has 4 rings (SSSR count). The number of carbonyl (C=O) groups excluding carboxylic acids is 3. The summed E-state index contributed by atoms with van der Waals surface area (Å²) in [5.74, 6) is -0.986. The number of nitrogens with zero attached hydrogens (tertiary/aromatic N) is 1. The number of rotatable bonds is 3. The number of amides is 2. The summed E-state index contributed by atoms with van der Waals surface area (Å²) in [5.41, 5.74) is -0.597. The Kier molecular flexibility index (Phi) is 4.97. The van der Waals surface area contributed by atoms with Gasteiger partial charge < -0.3 is 25.0 Å². The van der Waals surface area contributed by atoms with Crippen LogP contribution >= 0.6 is 0 Å². The lowest BCUT2D eigenvalue weighted by Crippen LogP contribution is -2.59. The highest BCUT2D eigenvalue weighted by Crippen LogP contribution is 2.34. The summed E-state index contributed by atoms with van der Waals surface area (Å²) in [4.78, 5) is 40.2. The van der Waals surface area contributed by atoms with Crippen LogP contribution in [0.5, 0.6) is 5.75 Å². The van der Waals surface area contributed by atoms with Crippen molar-refractivity contribution in [2.75, 3.05) is 32.8 Å². The summed E-state index contributed by atoms with van der Waals surface area (Å²) in [5, 5.41) is 6.20. The Morgan fingerprint density at radius 1 is 1.36 bits per heavy atom. The van der Waals surface area contributed by atoms with Gasteiger partial charge in [0.2, 0.25) is 5.91 Å². The van der Waals surface area contributed by atoms with E-state index in [2.05, 4.69) is 10.6 Å². The third-order valence-electron chi connectivity index (χ3n) is 5.76. The van der Waals surface area contributed by atoms with E-state index in [9.17, 15) is 14.4 Å². The molecule has 2 amide bonds. The molecule has 3 atom stereocenters. The molecule has 0 bridgehead atoms. The molecule has 1 spiro atoms. The van der Waals surface area contributed by atoms with Gasteiger partial charge in [-0.3, -0.25) is 14.4 Å². The van der Waals surface area contributed by atoms with Crippen LogP contribution in [0.3, 0.4) is 0 Å². The van der Waals surface area contributed by atoms with E-state index < -0.39 is 17.4 Å². The van der Waals surface area contributed by atoms with Crippen LogP contribution in [0.2, 0.25) is 0 Å². The Balaban J connectivity index is 1.63. The van der Waals surface area contributed by atoms with Gasteiger partial charge in [0.25, 0.3) is 5.91 Å². The highest BCUT2D eigenvalue weighted by Gasteiger charge is 2.55. The Morgan fingerprint density at radius 2 is 2.18 bits per heavy atom. The van der Waals surface area contributed by atoms with Gasteiger partial charge in [0.15, 0.2) is 0 Å². The minimum atomic E-state index is -1.02. The Bertz CT molecular complexity index is 792. The average Bonchev–Trinajstić information content (AvgIpc) is 3.32. The summed E-state index contributed by atoms with van der Waals surface area (Å²) < 4.78 is 11.2. The van der Waals surface area contributed by atoms with Crippen molar-refractivity contribution in [3.63, 3.8) is 0 Å². The molecule has 8 heteroatoms. The lowest BCUT2D eigenvalue weighted by molar-refractivity contribution is -0.150. The first-order valence-electron chi connectivity index (χ1n) is 9.77. The standard InChI is InChI=1S/C20H25N3O5/c1-2-27-19(26)14-10-23(18(25)15-7-5-9-21-15)11-20(14)12-28-16-8-4-3-6-13(16)17(24)22-20/h3-4,6,8,14-15,21H,2,5,7,9-12H2,1H3,(H,22,24)/t14-,15?,20-/m0/s1. The second-order valence-corrected chi connectivity index (χ2v) is 7.57. The summed E-state index contributed by atoms with van der Waals surface area (Å²) in [6, 6.07) is 6.73. The molecule has 0 aromatic heterocycles. The van der Waals surface area contributed by atoms with Gasteiger partial charge in [-0.25, -0.2) is 0 Å². The van der Waals surface area contributed by atoms with Crippen LogP contribution in [-0.4, -0.2) is 67.1 Å². The summed E-state index contributed by atoms with van der Waals surface area (Å²) in [6.45, 7) is 3.30. The normalized spacial score (nSPS) is 29.0. The average molecular weight is 387 g/mol. The summed E-state index contributed by atoms with van der Waals surface area (Å²) >= 11 is 0. The molecule has 2 fully saturated rings. The maximum absolute atomic E-state index is 12.9. The van der Waals surface area contributed by atoms with Crippen molar-refractivity contribution in [2.45, 2.75) is 31.3 Å². The fraction of sp³-hybridized carbons (Fsp3) is 0.550. The highest BCUT2D eigenvalue weighted by molar-refractivity contribution is 5.98. The maximum Gasteiger partial charge on any atom is 0.313 e. The highest BCUT2D eigenvalue weighted by atomic mass is 16.5. The third-order valence-corrected chi connectivity index (χ3v) is 5.76. The van der Waals surface area contributed by atoms with Crippen LogP contribution in [0.4, 0.5) is 0 Å². The number of likely N-dealkylation sites (tertiary alicyclic amines) is 1. The van der Waals surface area contributed by atoms with Crippen LogP contribution in [0, 0.1) is 5.92 Å². The lowest BCUT2D eigenvalue weighted by Gasteiger charge is -2.32. The molecule has 28 heavy (non-hydrogen) atoms. The third kappa shape index (κ3) is 3.22. The SMILES string of the molecule is CCOC(=O)[C@@H]1CN(C(=O)C2CCCN2)C[C@]12COc1ccccc1C(=O)N2. The monoisotopic (exact) mass is 387 g/mol. The Labute approximate surface area is 163 Å². The minimum Gasteiger partial charge on any atom is -0.490 e. The van der Waals surface area contributed by atoms with E-state index in [-0.39, 0.29) is 44.2 Å². The van der Waals surface area contributed by atoms with E-state index >= 15 is 0 Å². The molecule has 150 valence electrons. The quantitative estimate of drug-likeness (QED) is 0.725. The molecular weight excluding hydrogens is 362 g/mol. The van der Waals surface area contributed by atoms with Gasteiger partial charge in [-0.1, -0.05) is 12.1 Å². The molecule has 8 nitrogen and oxygen atoms in total. The zero-order chi connectivity index (χ0) is 19.7. The largest absolute Gasteiger partial charge is 0.490 e. The fourth-order valence-electron chi connectivity index (χ4n) is 4.33. The Hall–Kier alpha value is -2.61. The fourth-order valence-corrected chi connectivity index (χ4v) is 4.33. The molecular formula is C20H25N3O5. The van der Waals surface area contributed by atoms with Crippen LogP contribution < -0.4 is 15.4 Å². The van der Waals surface area contributed by atoms with Gasteiger partial charge >= 0.3 is 5.97 Å². The zero-order valence-electron chi connectivity index (χ0n) is 15.9. The van der Waals surface area contributed by atoms with Crippen LogP contribution in [0.25, 0.3) is 0 Å². The first-order valence-corrected chi connectivity index (χ1v) is 9.77. The first kappa shape index (κ1) is 18.7. The van der Waals surface area contributed by atoms with Crippen LogP contribution in [0.15, 0.2) is 24.3 Å². The molecule has 2 saturated heterocycles. The van der Waals surface area contributed by atoms with Crippen LogP contribution in [0.1, 0.15) is 30.1 Å². The van der Waals surface area contributed by atoms with Crippen molar-refractivity contribution in [3.05, 3.63) is 29.8 Å². The number of carbonyl (C=O) groups is 3. The van der Waals surface area contributed by atoms with E-state index in [4.69, 9.17) is 9.47 Å². The van der Waals surface area contributed by atoms with Crippen molar-refractivity contribution < 1.29 is 23.9 Å².